The van der Waals surface area contributed by atoms with Crippen LogP contribution in [-0.4, -0.2) is 14.8 Å². The first-order valence-electron chi connectivity index (χ1n) is 4.26. The molecule has 0 saturated heterocycles. The highest BCUT2D eigenvalue weighted by atomic mass is 79.9. The maximum Gasteiger partial charge on any atom is 0.347 e. The molecular formula is C9H8BrN3OS. The fourth-order valence-electron chi connectivity index (χ4n) is 1.31. The number of halogens is 1. The number of H-pyrrole nitrogens is 2. The topological polar surface area (TPSA) is 53.6 Å². The lowest BCUT2D eigenvalue weighted by atomic mass is 10.2. The Labute approximate surface area is 99.1 Å². The highest BCUT2D eigenvalue weighted by Gasteiger charge is 2.04. The molecule has 1 aromatic carbocycles. The van der Waals surface area contributed by atoms with Crippen molar-refractivity contribution in [3.8, 4) is 5.69 Å². The van der Waals surface area contributed by atoms with E-state index in [1.807, 2.05) is 25.1 Å². The monoisotopic (exact) mass is 285 g/mol. The smallest absolute Gasteiger partial charge is 0.272 e. The van der Waals surface area contributed by atoms with E-state index in [-0.39, 0.29) is 5.69 Å². The summed E-state index contributed by atoms with van der Waals surface area (Å²) in [6.45, 7) is 1.96. The van der Waals surface area contributed by atoms with Crippen LogP contribution in [-0.2, 0) is 0 Å². The molecule has 0 unspecified atom stereocenters. The van der Waals surface area contributed by atoms with Gasteiger partial charge in [0, 0.05) is 4.47 Å². The van der Waals surface area contributed by atoms with Gasteiger partial charge in [-0.3, -0.25) is 5.10 Å². The van der Waals surface area contributed by atoms with Crippen molar-refractivity contribution in [1.29, 1.82) is 0 Å². The van der Waals surface area contributed by atoms with Crippen LogP contribution in [0.5, 0.6) is 0 Å². The number of nitrogens with zero attached hydrogens (tertiary/aromatic N) is 1. The minimum absolute atomic E-state index is 0.262. The van der Waals surface area contributed by atoms with E-state index in [0.717, 1.165) is 15.7 Å². The molecule has 0 radical (unpaired) electrons. The van der Waals surface area contributed by atoms with Crippen LogP contribution in [0.3, 0.4) is 0 Å². The van der Waals surface area contributed by atoms with Gasteiger partial charge in [0.2, 0.25) is 4.77 Å². The Bertz CT molecular complexity index is 583. The van der Waals surface area contributed by atoms with E-state index in [9.17, 15) is 4.79 Å². The summed E-state index contributed by atoms with van der Waals surface area (Å²) < 4.78 is 2.78. The molecule has 1 aromatic heterocycles. The summed E-state index contributed by atoms with van der Waals surface area (Å²) in [6.07, 6.45) is 0. The standard InChI is InChI=1S/C9H8BrN3OS/c1-5-4-6(2-3-7(5)10)13-8(14)11-12-9(13)15/h2-4H,1H3,(H,11,14)(H,12,15). The molecule has 0 fully saturated rings. The highest BCUT2D eigenvalue weighted by Crippen LogP contribution is 2.18. The van der Waals surface area contributed by atoms with E-state index in [1.165, 1.54) is 4.57 Å². The summed E-state index contributed by atoms with van der Waals surface area (Å²) in [6, 6.07) is 5.61. The van der Waals surface area contributed by atoms with Crippen molar-refractivity contribution < 1.29 is 0 Å². The zero-order valence-electron chi connectivity index (χ0n) is 7.87. The van der Waals surface area contributed by atoms with Gasteiger partial charge in [0.05, 0.1) is 5.69 Å². The van der Waals surface area contributed by atoms with Crippen LogP contribution in [0, 0.1) is 11.7 Å². The average molecular weight is 286 g/mol. The molecule has 0 atom stereocenters. The van der Waals surface area contributed by atoms with Gasteiger partial charge in [0.1, 0.15) is 0 Å². The largest absolute Gasteiger partial charge is 0.347 e. The fraction of sp³-hybridized carbons (Fsp3) is 0.111. The lowest BCUT2D eigenvalue weighted by Gasteiger charge is -2.03. The third-order valence-corrected chi connectivity index (χ3v) is 3.26. The molecule has 2 rings (SSSR count). The van der Waals surface area contributed by atoms with Gasteiger partial charge < -0.3 is 0 Å². The van der Waals surface area contributed by atoms with Crippen molar-refractivity contribution in [2.75, 3.05) is 0 Å². The van der Waals surface area contributed by atoms with Gasteiger partial charge in [0.15, 0.2) is 0 Å². The van der Waals surface area contributed by atoms with Gasteiger partial charge in [-0.1, -0.05) is 15.9 Å². The molecule has 0 aliphatic carbocycles. The van der Waals surface area contributed by atoms with Crippen molar-refractivity contribution in [2.45, 2.75) is 6.92 Å². The van der Waals surface area contributed by atoms with Crippen LogP contribution in [0.4, 0.5) is 0 Å². The summed E-state index contributed by atoms with van der Waals surface area (Å²) in [7, 11) is 0. The normalized spacial score (nSPS) is 10.5. The third kappa shape index (κ3) is 1.82. The number of rotatable bonds is 1. The fourth-order valence-corrected chi connectivity index (χ4v) is 1.80. The van der Waals surface area contributed by atoms with E-state index >= 15 is 0 Å². The minimum Gasteiger partial charge on any atom is -0.272 e. The summed E-state index contributed by atoms with van der Waals surface area (Å²) in [5, 5.41) is 5.03. The molecule has 0 saturated carbocycles. The molecule has 6 heteroatoms. The minimum atomic E-state index is -0.262. The third-order valence-electron chi connectivity index (χ3n) is 2.08. The number of hydrogen-bond acceptors (Lipinski definition) is 2. The second-order valence-electron chi connectivity index (χ2n) is 3.13. The Balaban J connectivity index is 2.70. The quantitative estimate of drug-likeness (QED) is 0.790. The Kier molecular flexibility index (Phi) is 2.62. The Morgan fingerprint density at radius 1 is 1.40 bits per heavy atom. The molecule has 0 aliphatic rings. The lowest BCUT2D eigenvalue weighted by Crippen LogP contribution is -2.14. The Morgan fingerprint density at radius 2 is 2.13 bits per heavy atom. The van der Waals surface area contributed by atoms with Crippen molar-refractivity contribution >= 4 is 28.1 Å². The first kappa shape index (κ1) is 10.4. The molecule has 0 aliphatic heterocycles. The molecule has 78 valence electrons. The van der Waals surface area contributed by atoms with Gasteiger partial charge in [0.25, 0.3) is 0 Å². The van der Waals surface area contributed by atoms with E-state index in [0.29, 0.717) is 4.77 Å². The molecule has 0 spiro atoms. The van der Waals surface area contributed by atoms with E-state index < -0.39 is 0 Å². The number of nitrogens with one attached hydrogen (secondary N) is 2. The van der Waals surface area contributed by atoms with Crippen LogP contribution < -0.4 is 5.69 Å². The SMILES string of the molecule is Cc1cc(-n2c(=O)[nH][nH]c2=S)ccc1Br. The number of hydrogen-bond donors (Lipinski definition) is 2. The lowest BCUT2D eigenvalue weighted by molar-refractivity contribution is 0.972. The summed E-state index contributed by atoms with van der Waals surface area (Å²) in [4.78, 5) is 11.4. The first-order chi connectivity index (χ1) is 7.09. The van der Waals surface area contributed by atoms with Crippen molar-refractivity contribution in [3.05, 3.63) is 43.5 Å². The zero-order valence-corrected chi connectivity index (χ0v) is 10.3. The number of aromatic nitrogens is 3. The van der Waals surface area contributed by atoms with Crippen LogP contribution in [0.25, 0.3) is 5.69 Å². The summed E-state index contributed by atoms with van der Waals surface area (Å²) in [5.74, 6) is 0. The molecule has 15 heavy (non-hydrogen) atoms. The van der Waals surface area contributed by atoms with E-state index in [4.69, 9.17) is 12.2 Å². The number of benzene rings is 1. The maximum atomic E-state index is 11.4. The molecule has 0 amide bonds. The summed E-state index contributed by atoms with van der Waals surface area (Å²) in [5.41, 5.74) is 1.54. The molecule has 2 N–H and O–H groups in total. The molecule has 0 bridgehead atoms. The van der Waals surface area contributed by atoms with E-state index in [2.05, 4.69) is 26.1 Å². The van der Waals surface area contributed by atoms with E-state index in [1.54, 1.807) is 0 Å². The van der Waals surface area contributed by atoms with Gasteiger partial charge in [-0.2, -0.15) is 0 Å². The number of aromatic amines is 2. The van der Waals surface area contributed by atoms with Crippen LogP contribution >= 0.6 is 28.1 Å². The maximum absolute atomic E-state index is 11.4. The molecule has 2 aromatic rings. The van der Waals surface area contributed by atoms with Crippen molar-refractivity contribution in [2.24, 2.45) is 0 Å². The van der Waals surface area contributed by atoms with Crippen LogP contribution in [0.15, 0.2) is 27.5 Å². The average Bonchev–Trinajstić information content (AvgIpc) is 2.52. The van der Waals surface area contributed by atoms with Gasteiger partial charge >= 0.3 is 5.69 Å². The highest BCUT2D eigenvalue weighted by molar-refractivity contribution is 9.10. The predicted molar refractivity (Wildman–Crippen MR) is 64.0 cm³/mol. The van der Waals surface area contributed by atoms with Gasteiger partial charge in [-0.05, 0) is 42.9 Å². The van der Waals surface area contributed by atoms with Gasteiger partial charge in [-0.25, -0.2) is 14.5 Å². The predicted octanol–water partition coefficient (Wildman–Crippen LogP) is 2.29. The zero-order chi connectivity index (χ0) is 11.0. The second-order valence-corrected chi connectivity index (χ2v) is 4.37. The number of aryl methyl sites for hydroxylation is 1. The Hall–Kier alpha value is -1.14. The first-order valence-corrected chi connectivity index (χ1v) is 5.46. The molecular weight excluding hydrogens is 278 g/mol. The van der Waals surface area contributed by atoms with Gasteiger partial charge in [-0.15, -0.1) is 0 Å². The van der Waals surface area contributed by atoms with Crippen LogP contribution in [0.1, 0.15) is 5.56 Å². The van der Waals surface area contributed by atoms with Crippen molar-refractivity contribution in [3.63, 3.8) is 0 Å². The summed E-state index contributed by atoms with van der Waals surface area (Å²) >= 11 is 8.40. The molecule has 1 heterocycles. The molecule has 4 nitrogen and oxygen atoms in total. The van der Waals surface area contributed by atoms with Crippen LogP contribution in [0.2, 0.25) is 0 Å². The van der Waals surface area contributed by atoms with Crippen molar-refractivity contribution in [1.82, 2.24) is 14.8 Å². The Morgan fingerprint density at radius 3 is 2.67 bits per heavy atom. The second kappa shape index (κ2) is 3.79.